The van der Waals surface area contributed by atoms with Gasteiger partial charge in [-0.3, -0.25) is 0 Å². The summed E-state index contributed by atoms with van der Waals surface area (Å²) in [5, 5.41) is 3.34. The molecule has 0 spiro atoms. The Morgan fingerprint density at radius 1 is 1.26 bits per heavy atom. The van der Waals surface area contributed by atoms with Crippen LogP contribution in [0.2, 0.25) is 0 Å². The van der Waals surface area contributed by atoms with Crippen LogP contribution >= 0.6 is 0 Å². The molecule has 1 aromatic carbocycles. The summed E-state index contributed by atoms with van der Waals surface area (Å²) in [7, 11) is 0. The molecule has 4 heteroatoms. The molecule has 1 heterocycles. The van der Waals surface area contributed by atoms with Crippen LogP contribution in [0.25, 0.3) is 0 Å². The minimum Gasteiger partial charge on any atom is -0.492 e. The third-order valence-corrected chi connectivity index (χ3v) is 2.78. The van der Waals surface area contributed by atoms with Crippen LogP contribution in [-0.4, -0.2) is 22.7 Å². The Bertz CT molecular complexity index is 467. The van der Waals surface area contributed by atoms with Gasteiger partial charge in [0.2, 0.25) is 0 Å². The van der Waals surface area contributed by atoms with E-state index >= 15 is 0 Å². The Kier molecular flexibility index (Phi) is 5.44. The van der Waals surface area contributed by atoms with Crippen molar-refractivity contribution in [3.63, 3.8) is 0 Å². The van der Waals surface area contributed by atoms with Gasteiger partial charge in [0.05, 0.1) is 18.6 Å². The van der Waals surface area contributed by atoms with E-state index in [1.54, 1.807) is 0 Å². The number of aromatic nitrogens is 2. The molecular formula is C15H21N3O. The van der Waals surface area contributed by atoms with Crippen molar-refractivity contribution in [2.45, 2.75) is 26.4 Å². The van der Waals surface area contributed by atoms with E-state index in [9.17, 15) is 0 Å². The molecule has 1 N–H and O–H groups in total. The van der Waals surface area contributed by atoms with Crippen molar-refractivity contribution in [1.82, 2.24) is 14.9 Å². The number of imidazole rings is 1. The summed E-state index contributed by atoms with van der Waals surface area (Å²) >= 11 is 0. The summed E-state index contributed by atoms with van der Waals surface area (Å²) in [6.07, 6.45) is 5.07. The fraction of sp³-hybridized carbons (Fsp3) is 0.400. The van der Waals surface area contributed by atoms with E-state index in [0.717, 1.165) is 37.5 Å². The molecule has 0 atom stereocenters. The van der Waals surface area contributed by atoms with Crippen LogP contribution < -0.4 is 10.1 Å². The lowest BCUT2D eigenvalue weighted by Gasteiger charge is -2.06. The Balaban J connectivity index is 1.71. The molecular weight excluding hydrogens is 238 g/mol. The molecule has 0 amide bonds. The number of hydrogen-bond acceptors (Lipinski definition) is 3. The summed E-state index contributed by atoms with van der Waals surface area (Å²) in [5.74, 6) is 0.910. The predicted octanol–water partition coefficient (Wildman–Crippen LogP) is 2.46. The summed E-state index contributed by atoms with van der Waals surface area (Å²) in [4.78, 5) is 4.36. The Labute approximate surface area is 114 Å². The van der Waals surface area contributed by atoms with Gasteiger partial charge >= 0.3 is 0 Å². The molecule has 2 aromatic rings. The van der Waals surface area contributed by atoms with E-state index in [4.69, 9.17) is 4.74 Å². The van der Waals surface area contributed by atoms with Crippen LogP contribution in [0, 0.1) is 0 Å². The average Bonchev–Trinajstić information content (AvgIpc) is 2.88. The SMILES string of the molecule is CCCNCc1cn(CCOc2ccccc2)cn1. The zero-order chi connectivity index (χ0) is 13.3. The second-order valence-corrected chi connectivity index (χ2v) is 4.44. The highest BCUT2D eigenvalue weighted by Crippen LogP contribution is 2.08. The quantitative estimate of drug-likeness (QED) is 0.740. The van der Waals surface area contributed by atoms with Crippen molar-refractivity contribution < 1.29 is 4.74 Å². The number of para-hydroxylation sites is 1. The van der Waals surface area contributed by atoms with Crippen LogP contribution in [0.5, 0.6) is 5.75 Å². The first-order valence-electron chi connectivity index (χ1n) is 6.77. The van der Waals surface area contributed by atoms with Crippen LogP contribution in [0.4, 0.5) is 0 Å². The van der Waals surface area contributed by atoms with E-state index < -0.39 is 0 Å². The van der Waals surface area contributed by atoms with E-state index in [0.29, 0.717) is 6.61 Å². The average molecular weight is 259 g/mol. The number of benzene rings is 1. The van der Waals surface area contributed by atoms with Crippen molar-refractivity contribution in [3.05, 3.63) is 48.5 Å². The number of ether oxygens (including phenoxy) is 1. The largest absolute Gasteiger partial charge is 0.492 e. The summed E-state index contributed by atoms with van der Waals surface area (Å²) in [6.45, 7) is 5.49. The summed E-state index contributed by atoms with van der Waals surface area (Å²) in [5.41, 5.74) is 1.08. The first kappa shape index (κ1) is 13.6. The summed E-state index contributed by atoms with van der Waals surface area (Å²) < 4.78 is 7.71. The van der Waals surface area contributed by atoms with Crippen LogP contribution in [0.3, 0.4) is 0 Å². The molecule has 1 aromatic heterocycles. The molecule has 0 saturated carbocycles. The zero-order valence-corrected chi connectivity index (χ0v) is 11.4. The molecule has 4 nitrogen and oxygen atoms in total. The molecule has 19 heavy (non-hydrogen) atoms. The monoisotopic (exact) mass is 259 g/mol. The summed E-state index contributed by atoms with van der Waals surface area (Å²) in [6, 6.07) is 9.87. The number of hydrogen-bond donors (Lipinski definition) is 1. The van der Waals surface area contributed by atoms with Gasteiger partial charge in [-0.15, -0.1) is 0 Å². The van der Waals surface area contributed by atoms with Crippen molar-refractivity contribution in [3.8, 4) is 5.75 Å². The first-order valence-corrected chi connectivity index (χ1v) is 6.77. The minimum atomic E-state index is 0.655. The smallest absolute Gasteiger partial charge is 0.119 e. The molecule has 0 saturated heterocycles. The zero-order valence-electron chi connectivity index (χ0n) is 11.4. The van der Waals surface area contributed by atoms with Gasteiger partial charge in [0.15, 0.2) is 0 Å². The molecule has 0 unspecified atom stereocenters. The maximum atomic E-state index is 5.65. The molecule has 0 aliphatic carbocycles. The fourth-order valence-corrected chi connectivity index (χ4v) is 1.80. The molecule has 0 aliphatic heterocycles. The lowest BCUT2D eigenvalue weighted by atomic mass is 10.3. The molecule has 0 fully saturated rings. The van der Waals surface area contributed by atoms with E-state index in [1.165, 1.54) is 0 Å². The number of nitrogens with one attached hydrogen (secondary N) is 1. The Hall–Kier alpha value is -1.81. The Morgan fingerprint density at radius 2 is 2.11 bits per heavy atom. The topological polar surface area (TPSA) is 39.1 Å². The lowest BCUT2D eigenvalue weighted by molar-refractivity contribution is 0.298. The van der Waals surface area contributed by atoms with E-state index in [2.05, 4.69) is 28.0 Å². The highest BCUT2D eigenvalue weighted by atomic mass is 16.5. The Morgan fingerprint density at radius 3 is 2.89 bits per heavy atom. The van der Waals surface area contributed by atoms with Crippen molar-refractivity contribution >= 4 is 0 Å². The lowest BCUT2D eigenvalue weighted by Crippen LogP contribution is -2.14. The van der Waals surface area contributed by atoms with Gasteiger partial charge in [0.1, 0.15) is 12.4 Å². The predicted molar refractivity (Wildman–Crippen MR) is 76.2 cm³/mol. The highest BCUT2D eigenvalue weighted by Gasteiger charge is 1.98. The van der Waals surface area contributed by atoms with Crippen molar-refractivity contribution in [2.75, 3.05) is 13.2 Å². The third kappa shape index (κ3) is 4.75. The minimum absolute atomic E-state index is 0.655. The van der Waals surface area contributed by atoms with E-state index in [1.807, 2.05) is 36.7 Å². The second kappa shape index (κ2) is 7.59. The van der Waals surface area contributed by atoms with Gasteiger partial charge in [-0.05, 0) is 25.1 Å². The van der Waals surface area contributed by atoms with Gasteiger partial charge in [-0.2, -0.15) is 0 Å². The van der Waals surface area contributed by atoms with Gasteiger partial charge < -0.3 is 14.6 Å². The van der Waals surface area contributed by atoms with Crippen LogP contribution in [0.15, 0.2) is 42.9 Å². The molecule has 0 radical (unpaired) electrons. The van der Waals surface area contributed by atoms with E-state index in [-0.39, 0.29) is 0 Å². The molecule has 0 bridgehead atoms. The van der Waals surface area contributed by atoms with Gasteiger partial charge in [0, 0.05) is 12.7 Å². The highest BCUT2D eigenvalue weighted by molar-refractivity contribution is 5.20. The standard InChI is InChI=1S/C15H21N3O/c1-2-8-16-11-14-12-18(13-17-14)9-10-19-15-6-4-3-5-7-15/h3-7,12-13,16H,2,8-11H2,1H3. The third-order valence-electron chi connectivity index (χ3n) is 2.78. The van der Waals surface area contributed by atoms with Crippen molar-refractivity contribution in [1.29, 1.82) is 0 Å². The maximum Gasteiger partial charge on any atom is 0.119 e. The normalized spacial score (nSPS) is 10.6. The molecule has 0 aliphatic rings. The number of nitrogens with zero attached hydrogens (tertiary/aromatic N) is 2. The number of rotatable bonds is 8. The van der Waals surface area contributed by atoms with Gasteiger partial charge in [-0.25, -0.2) is 4.98 Å². The molecule has 2 rings (SSSR count). The second-order valence-electron chi connectivity index (χ2n) is 4.44. The van der Waals surface area contributed by atoms with Crippen molar-refractivity contribution in [2.24, 2.45) is 0 Å². The van der Waals surface area contributed by atoms with Crippen LogP contribution in [-0.2, 0) is 13.1 Å². The molecule has 102 valence electrons. The van der Waals surface area contributed by atoms with Crippen LogP contribution in [0.1, 0.15) is 19.0 Å². The van der Waals surface area contributed by atoms with Gasteiger partial charge in [-0.1, -0.05) is 25.1 Å². The van der Waals surface area contributed by atoms with Gasteiger partial charge in [0.25, 0.3) is 0 Å². The fourth-order valence-electron chi connectivity index (χ4n) is 1.80. The first-order chi connectivity index (χ1) is 9.38. The maximum absolute atomic E-state index is 5.65.